The maximum atomic E-state index is 10.6. The second-order valence-corrected chi connectivity index (χ2v) is 4.01. The van der Waals surface area contributed by atoms with E-state index in [0.29, 0.717) is 4.90 Å². The molecular formula is C7H12ClNO3. The first-order valence-corrected chi connectivity index (χ1v) is 3.82. The first-order valence-electron chi connectivity index (χ1n) is 3.44. The minimum Gasteiger partial charge on any atom is -0.465 e. The molecule has 0 aliphatic carbocycles. The standard InChI is InChI=1S/C7H12ClNO3/c1-7(2,3)4-9(5(8)10)6(11)12/h4H2,1-3H3,(H,11,12). The van der Waals surface area contributed by atoms with E-state index >= 15 is 0 Å². The van der Waals surface area contributed by atoms with Crippen molar-refractivity contribution in [2.75, 3.05) is 6.54 Å². The van der Waals surface area contributed by atoms with Crippen LogP contribution < -0.4 is 0 Å². The molecule has 0 aromatic rings. The number of nitrogens with zero attached hydrogens (tertiary/aromatic N) is 1. The van der Waals surface area contributed by atoms with Crippen LogP contribution in [0.25, 0.3) is 0 Å². The molecule has 0 fully saturated rings. The van der Waals surface area contributed by atoms with Crippen molar-refractivity contribution in [3.63, 3.8) is 0 Å². The molecule has 0 bridgehead atoms. The third-order valence-corrected chi connectivity index (χ3v) is 1.28. The number of carboxylic acid groups (broad SMARTS) is 1. The van der Waals surface area contributed by atoms with Gasteiger partial charge in [-0.3, -0.25) is 4.79 Å². The van der Waals surface area contributed by atoms with Gasteiger partial charge in [0.05, 0.1) is 0 Å². The molecule has 4 nitrogen and oxygen atoms in total. The van der Waals surface area contributed by atoms with Crippen LogP contribution in [-0.4, -0.2) is 28.0 Å². The van der Waals surface area contributed by atoms with Gasteiger partial charge < -0.3 is 5.11 Å². The quantitative estimate of drug-likeness (QED) is 0.514. The minimum atomic E-state index is -1.31. The number of imide groups is 1. The summed E-state index contributed by atoms with van der Waals surface area (Å²) in [6.07, 6.45) is -1.31. The van der Waals surface area contributed by atoms with Gasteiger partial charge in [-0.05, 0) is 17.0 Å². The molecule has 0 rings (SSSR count). The smallest absolute Gasteiger partial charge is 0.415 e. The fourth-order valence-corrected chi connectivity index (χ4v) is 0.811. The number of carbonyl (C=O) groups excluding carboxylic acids is 1. The Morgan fingerprint density at radius 2 is 1.83 bits per heavy atom. The summed E-state index contributed by atoms with van der Waals surface area (Å²) >= 11 is 5.05. The Morgan fingerprint density at radius 1 is 1.42 bits per heavy atom. The molecule has 0 spiro atoms. The van der Waals surface area contributed by atoms with E-state index in [4.69, 9.17) is 16.7 Å². The fourth-order valence-electron chi connectivity index (χ4n) is 0.679. The van der Waals surface area contributed by atoms with E-state index in [1.807, 2.05) is 20.8 Å². The highest BCUT2D eigenvalue weighted by Crippen LogP contribution is 2.16. The van der Waals surface area contributed by atoms with Crippen molar-refractivity contribution < 1.29 is 14.7 Å². The molecule has 0 radical (unpaired) electrons. The minimum absolute atomic E-state index is 0.102. The first kappa shape index (κ1) is 11.2. The van der Waals surface area contributed by atoms with Crippen LogP contribution in [0.1, 0.15) is 20.8 Å². The van der Waals surface area contributed by atoms with Crippen molar-refractivity contribution in [1.29, 1.82) is 0 Å². The lowest BCUT2D eigenvalue weighted by Crippen LogP contribution is -2.38. The van der Waals surface area contributed by atoms with E-state index < -0.39 is 11.5 Å². The van der Waals surface area contributed by atoms with Crippen molar-refractivity contribution >= 4 is 23.1 Å². The molecule has 0 unspecified atom stereocenters. The lowest BCUT2D eigenvalue weighted by molar-refractivity contribution is 0.141. The Bertz CT molecular complexity index is 183. The number of hydrogen-bond donors (Lipinski definition) is 1. The van der Waals surface area contributed by atoms with Gasteiger partial charge in [0, 0.05) is 6.54 Å². The van der Waals surface area contributed by atoms with E-state index in [0.717, 1.165) is 0 Å². The van der Waals surface area contributed by atoms with Crippen LogP contribution >= 0.6 is 11.6 Å². The predicted molar refractivity (Wildman–Crippen MR) is 45.4 cm³/mol. The molecule has 0 saturated carbocycles. The molecule has 70 valence electrons. The number of carbonyl (C=O) groups is 2. The number of halogens is 1. The Balaban J connectivity index is 4.35. The first-order chi connectivity index (χ1) is 5.24. The van der Waals surface area contributed by atoms with Crippen molar-refractivity contribution in [2.45, 2.75) is 20.8 Å². The van der Waals surface area contributed by atoms with Crippen LogP contribution in [0.2, 0.25) is 0 Å². The van der Waals surface area contributed by atoms with Crippen LogP contribution in [0.15, 0.2) is 0 Å². The van der Waals surface area contributed by atoms with Gasteiger partial charge in [0.1, 0.15) is 0 Å². The summed E-state index contributed by atoms with van der Waals surface area (Å²) in [5.74, 6) is 0. The molecular weight excluding hydrogens is 182 g/mol. The van der Waals surface area contributed by atoms with E-state index in [9.17, 15) is 9.59 Å². The topological polar surface area (TPSA) is 57.6 Å². The summed E-state index contributed by atoms with van der Waals surface area (Å²) in [5.41, 5.74) is -0.275. The van der Waals surface area contributed by atoms with Crippen molar-refractivity contribution in [3.05, 3.63) is 0 Å². The maximum absolute atomic E-state index is 10.6. The van der Waals surface area contributed by atoms with Crippen molar-refractivity contribution in [2.24, 2.45) is 5.41 Å². The fraction of sp³-hybridized carbons (Fsp3) is 0.714. The Labute approximate surface area is 76.1 Å². The highest BCUT2D eigenvalue weighted by atomic mass is 35.5. The normalized spacial score (nSPS) is 11.0. The largest absolute Gasteiger partial charge is 0.465 e. The number of amides is 2. The second-order valence-electron chi connectivity index (χ2n) is 3.68. The van der Waals surface area contributed by atoms with E-state index in [1.54, 1.807) is 0 Å². The summed E-state index contributed by atoms with van der Waals surface area (Å²) in [7, 11) is 0. The molecule has 0 aliphatic heterocycles. The van der Waals surface area contributed by atoms with Gasteiger partial charge in [-0.25, -0.2) is 9.69 Å². The van der Waals surface area contributed by atoms with Gasteiger partial charge in [0.15, 0.2) is 0 Å². The molecule has 0 aromatic heterocycles. The number of rotatable bonds is 1. The van der Waals surface area contributed by atoms with Gasteiger partial charge >= 0.3 is 11.5 Å². The van der Waals surface area contributed by atoms with Crippen LogP contribution in [0.4, 0.5) is 9.59 Å². The number of hydrogen-bond acceptors (Lipinski definition) is 2. The average molecular weight is 194 g/mol. The van der Waals surface area contributed by atoms with Crippen LogP contribution in [0.3, 0.4) is 0 Å². The average Bonchev–Trinajstić information content (AvgIpc) is 1.79. The van der Waals surface area contributed by atoms with Gasteiger partial charge in [0.25, 0.3) is 0 Å². The summed E-state index contributed by atoms with van der Waals surface area (Å²) in [5, 5.41) is 7.57. The molecule has 12 heavy (non-hydrogen) atoms. The Kier molecular flexibility index (Phi) is 3.52. The molecule has 2 amide bonds. The van der Waals surface area contributed by atoms with Gasteiger partial charge in [-0.1, -0.05) is 20.8 Å². The molecule has 1 N–H and O–H groups in total. The Morgan fingerprint density at radius 3 is 1.92 bits per heavy atom. The summed E-state index contributed by atoms with van der Waals surface area (Å²) in [6, 6.07) is 0. The zero-order valence-corrected chi connectivity index (χ0v) is 8.05. The highest BCUT2D eigenvalue weighted by Gasteiger charge is 2.24. The third-order valence-electron chi connectivity index (χ3n) is 1.08. The van der Waals surface area contributed by atoms with E-state index in [1.165, 1.54) is 0 Å². The van der Waals surface area contributed by atoms with E-state index in [-0.39, 0.29) is 12.0 Å². The summed E-state index contributed by atoms with van der Waals surface area (Å²) in [6.45, 7) is 5.57. The zero-order valence-electron chi connectivity index (χ0n) is 7.30. The SMILES string of the molecule is CC(C)(C)CN(C(=O)O)C(=O)Cl. The van der Waals surface area contributed by atoms with Crippen LogP contribution in [-0.2, 0) is 0 Å². The molecule has 0 aromatic carbocycles. The lowest BCUT2D eigenvalue weighted by Gasteiger charge is -2.24. The third kappa shape index (κ3) is 4.18. The highest BCUT2D eigenvalue weighted by molar-refractivity contribution is 6.63. The molecule has 0 atom stereocenters. The molecule has 0 saturated heterocycles. The molecule has 5 heteroatoms. The lowest BCUT2D eigenvalue weighted by atomic mass is 9.96. The van der Waals surface area contributed by atoms with Crippen LogP contribution in [0.5, 0.6) is 0 Å². The van der Waals surface area contributed by atoms with E-state index in [2.05, 4.69) is 0 Å². The van der Waals surface area contributed by atoms with Gasteiger partial charge in [-0.2, -0.15) is 0 Å². The maximum Gasteiger partial charge on any atom is 0.415 e. The summed E-state index contributed by atoms with van der Waals surface area (Å²) in [4.78, 5) is 21.6. The Hall–Kier alpha value is -0.770. The van der Waals surface area contributed by atoms with Crippen molar-refractivity contribution in [3.8, 4) is 0 Å². The molecule has 0 aliphatic rings. The second kappa shape index (κ2) is 3.76. The predicted octanol–water partition coefficient (Wildman–Crippen LogP) is 2.37. The van der Waals surface area contributed by atoms with Crippen molar-refractivity contribution in [1.82, 2.24) is 4.90 Å². The summed E-state index contributed by atoms with van der Waals surface area (Å²) < 4.78 is 0. The van der Waals surface area contributed by atoms with Crippen LogP contribution in [0, 0.1) is 5.41 Å². The zero-order chi connectivity index (χ0) is 9.94. The monoisotopic (exact) mass is 193 g/mol. The van der Waals surface area contributed by atoms with Gasteiger partial charge in [-0.15, -0.1) is 0 Å². The molecule has 0 heterocycles. The van der Waals surface area contributed by atoms with Gasteiger partial charge in [0.2, 0.25) is 0 Å².